The number of methoxy groups -OCH3 is 1. The number of amides is 1. The Morgan fingerprint density at radius 3 is 2.56 bits per heavy atom. The first kappa shape index (κ1) is 13.0. The summed E-state index contributed by atoms with van der Waals surface area (Å²) >= 11 is 0. The van der Waals surface area contributed by atoms with E-state index in [9.17, 15) is 9.59 Å². The second-order valence-electron chi connectivity index (χ2n) is 4.06. The number of hydrogen-bond donors (Lipinski definition) is 1. The maximum absolute atomic E-state index is 11.8. The molecular formula is C11H19NO4. The topological polar surface area (TPSA) is 66.8 Å². The van der Waals surface area contributed by atoms with Crippen molar-refractivity contribution in [1.29, 1.82) is 0 Å². The molecule has 0 spiro atoms. The minimum atomic E-state index is -0.852. The van der Waals surface area contributed by atoms with Crippen molar-refractivity contribution in [1.82, 2.24) is 4.90 Å². The number of ether oxygens (including phenoxy) is 1. The molecule has 0 aromatic carbocycles. The van der Waals surface area contributed by atoms with Gasteiger partial charge in [-0.1, -0.05) is 0 Å². The maximum atomic E-state index is 11.8. The minimum absolute atomic E-state index is 0.0342. The average Bonchev–Trinajstić information content (AvgIpc) is 3.02. The Morgan fingerprint density at radius 1 is 1.38 bits per heavy atom. The molecule has 1 N–H and O–H groups in total. The van der Waals surface area contributed by atoms with Gasteiger partial charge in [-0.3, -0.25) is 9.59 Å². The summed E-state index contributed by atoms with van der Waals surface area (Å²) in [7, 11) is 1.60. The first-order chi connectivity index (χ1) is 7.65. The van der Waals surface area contributed by atoms with Crippen LogP contribution < -0.4 is 0 Å². The molecular weight excluding hydrogens is 210 g/mol. The fraction of sp³-hybridized carbons (Fsp3) is 0.818. The summed E-state index contributed by atoms with van der Waals surface area (Å²) in [5.74, 6) is -0.795. The highest BCUT2D eigenvalue weighted by Gasteiger charge is 2.32. The molecule has 1 amide bonds. The molecule has 0 bridgehead atoms. The first-order valence-corrected chi connectivity index (χ1v) is 5.65. The van der Waals surface area contributed by atoms with E-state index in [1.807, 2.05) is 0 Å². The number of hydrogen-bond acceptors (Lipinski definition) is 3. The van der Waals surface area contributed by atoms with Gasteiger partial charge in [-0.05, 0) is 19.3 Å². The molecule has 5 nitrogen and oxygen atoms in total. The van der Waals surface area contributed by atoms with Crippen LogP contribution in [-0.2, 0) is 14.3 Å². The lowest BCUT2D eigenvalue weighted by Gasteiger charge is -2.21. The summed E-state index contributed by atoms with van der Waals surface area (Å²) in [6, 6.07) is 0.286. The number of carboxylic acids is 1. The van der Waals surface area contributed by atoms with Crippen molar-refractivity contribution in [2.24, 2.45) is 0 Å². The summed E-state index contributed by atoms with van der Waals surface area (Å²) in [4.78, 5) is 24.0. The number of aliphatic carboxylic acids is 1. The van der Waals surface area contributed by atoms with E-state index < -0.39 is 5.97 Å². The lowest BCUT2D eigenvalue weighted by molar-refractivity contribution is -0.138. The Kier molecular flexibility index (Phi) is 5.25. The fourth-order valence-electron chi connectivity index (χ4n) is 1.62. The monoisotopic (exact) mass is 229 g/mol. The normalized spacial score (nSPS) is 14.8. The van der Waals surface area contributed by atoms with Gasteiger partial charge >= 0.3 is 5.97 Å². The van der Waals surface area contributed by atoms with E-state index in [0.29, 0.717) is 26.0 Å². The van der Waals surface area contributed by atoms with E-state index in [-0.39, 0.29) is 18.4 Å². The Balaban J connectivity index is 2.30. The fourth-order valence-corrected chi connectivity index (χ4v) is 1.62. The van der Waals surface area contributed by atoms with E-state index in [2.05, 4.69) is 0 Å². The average molecular weight is 229 g/mol. The zero-order valence-corrected chi connectivity index (χ0v) is 9.65. The van der Waals surface area contributed by atoms with Gasteiger partial charge in [0.2, 0.25) is 5.91 Å². The van der Waals surface area contributed by atoms with Crippen LogP contribution in [0.5, 0.6) is 0 Å². The molecule has 92 valence electrons. The molecule has 16 heavy (non-hydrogen) atoms. The van der Waals surface area contributed by atoms with Crippen molar-refractivity contribution >= 4 is 11.9 Å². The van der Waals surface area contributed by atoms with Crippen molar-refractivity contribution in [3.05, 3.63) is 0 Å². The molecule has 5 heteroatoms. The summed E-state index contributed by atoms with van der Waals surface area (Å²) in [5.41, 5.74) is 0. The molecule has 0 radical (unpaired) electrons. The summed E-state index contributed by atoms with van der Waals surface area (Å²) < 4.78 is 4.88. The Hall–Kier alpha value is -1.10. The third kappa shape index (κ3) is 4.61. The standard InChI is InChI=1S/C11H19NO4/c1-16-8-2-3-10(13)12(9-4-5-9)7-6-11(14)15/h9H,2-8H2,1H3,(H,14,15). The van der Waals surface area contributed by atoms with Gasteiger partial charge in [0.15, 0.2) is 0 Å². The van der Waals surface area contributed by atoms with Gasteiger partial charge < -0.3 is 14.7 Å². The molecule has 0 aromatic heterocycles. The SMILES string of the molecule is COCCCC(=O)N(CCC(=O)O)C1CC1. The van der Waals surface area contributed by atoms with Crippen LogP contribution in [0.15, 0.2) is 0 Å². The van der Waals surface area contributed by atoms with Crippen LogP contribution in [0.4, 0.5) is 0 Å². The predicted molar refractivity (Wildman–Crippen MR) is 58.1 cm³/mol. The second-order valence-corrected chi connectivity index (χ2v) is 4.06. The number of rotatable bonds is 8. The zero-order chi connectivity index (χ0) is 12.0. The van der Waals surface area contributed by atoms with Crippen LogP contribution in [0.2, 0.25) is 0 Å². The van der Waals surface area contributed by atoms with Gasteiger partial charge in [0.05, 0.1) is 6.42 Å². The van der Waals surface area contributed by atoms with E-state index in [1.165, 1.54) is 0 Å². The van der Waals surface area contributed by atoms with Gasteiger partial charge in [0, 0.05) is 32.7 Å². The van der Waals surface area contributed by atoms with E-state index >= 15 is 0 Å². The lowest BCUT2D eigenvalue weighted by atomic mass is 10.2. The quantitative estimate of drug-likeness (QED) is 0.627. The molecule has 1 saturated carbocycles. The highest BCUT2D eigenvalue weighted by atomic mass is 16.5. The van der Waals surface area contributed by atoms with E-state index in [0.717, 1.165) is 12.8 Å². The summed E-state index contributed by atoms with van der Waals surface area (Å²) in [5, 5.41) is 8.60. The Bertz CT molecular complexity index is 250. The van der Waals surface area contributed by atoms with Crippen molar-refractivity contribution in [3.8, 4) is 0 Å². The van der Waals surface area contributed by atoms with Crippen LogP contribution in [0.3, 0.4) is 0 Å². The van der Waals surface area contributed by atoms with Crippen molar-refractivity contribution in [2.75, 3.05) is 20.3 Å². The van der Waals surface area contributed by atoms with E-state index in [4.69, 9.17) is 9.84 Å². The number of carboxylic acid groups (broad SMARTS) is 1. The van der Waals surface area contributed by atoms with Gasteiger partial charge in [-0.25, -0.2) is 0 Å². The number of carbonyl (C=O) groups is 2. The largest absolute Gasteiger partial charge is 0.481 e. The van der Waals surface area contributed by atoms with Crippen molar-refractivity contribution < 1.29 is 19.4 Å². The smallest absolute Gasteiger partial charge is 0.305 e. The molecule has 1 aliphatic rings. The highest BCUT2D eigenvalue weighted by molar-refractivity contribution is 5.77. The molecule has 1 aliphatic carbocycles. The predicted octanol–water partition coefficient (Wildman–Crippen LogP) is 0.879. The van der Waals surface area contributed by atoms with Crippen molar-refractivity contribution in [3.63, 3.8) is 0 Å². The Morgan fingerprint density at radius 2 is 2.06 bits per heavy atom. The molecule has 0 atom stereocenters. The molecule has 0 saturated heterocycles. The van der Waals surface area contributed by atoms with Crippen LogP contribution in [0.1, 0.15) is 32.1 Å². The van der Waals surface area contributed by atoms with Gasteiger partial charge in [0.1, 0.15) is 0 Å². The van der Waals surface area contributed by atoms with Crippen LogP contribution in [-0.4, -0.2) is 48.2 Å². The van der Waals surface area contributed by atoms with Gasteiger partial charge in [-0.2, -0.15) is 0 Å². The lowest BCUT2D eigenvalue weighted by Crippen LogP contribution is -2.34. The first-order valence-electron chi connectivity index (χ1n) is 5.65. The second kappa shape index (κ2) is 6.48. The van der Waals surface area contributed by atoms with Crippen molar-refractivity contribution in [2.45, 2.75) is 38.1 Å². The highest BCUT2D eigenvalue weighted by Crippen LogP contribution is 2.27. The minimum Gasteiger partial charge on any atom is -0.481 e. The van der Waals surface area contributed by atoms with Gasteiger partial charge in [-0.15, -0.1) is 0 Å². The third-order valence-electron chi connectivity index (χ3n) is 2.61. The molecule has 0 aromatic rings. The van der Waals surface area contributed by atoms with Crippen LogP contribution >= 0.6 is 0 Å². The molecule has 0 aliphatic heterocycles. The molecule has 0 unspecified atom stereocenters. The molecule has 1 fully saturated rings. The molecule has 1 rings (SSSR count). The molecule has 0 heterocycles. The van der Waals surface area contributed by atoms with Gasteiger partial charge in [0.25, 0.3) is 0 Å². The zero-order valence-electron chi connectivity index (χ0n) is 9.65. The maximum Gasteiger partial charge on any atom is 0.305 e. The van der Waals surface area contributed by atoms with E-state index in [1.54, 1.807) is 12.0 Å². The summed E-state index contributed by atoms with van der Waals surface area (Å²) in [6.45, 7) is 0.912. The van der Waals surface area contributed by atoms with Crippen LogP contribution in [0.25, 0.3) is 0 Å². The number of carbonyl (C=O) groups excluding carboxylic acids is 1. The Labute approximate surface area is 95.4 Å². The summed E-state index contributed by atoms with van der Waals surface area (Å²) in [6.07, 6.45) is 3.20. The van der Waals surface area contributed by atoms with Crippen LogP contribution in [0, 0.1) is 0 Å². The third-order valence-corrected chi connectivity index (χ3v) is 2.61. The number of nitrogens with zero attached hydrogens (tertiary/aromatic N) is 1.